The van der Waals surface area contributed by atoms with E-state index in [1.165, 1.54) is 44.9 Å². The van der Waals surface area contributed by atoms with E-state index in [-0.39, 0.29) is 0 Å². The van der Waals surface area contributed by atoms with Gasteiger partial charge in [-0.15, -0.1) is 0 Å². The highest BCUT2D eigenvalue weighted by atomic mass is 14.3. The van der Waals surface area contributed by atoms with Crippen LogP contribution in [0.5, 0.6) is 0 Å². The van der Waals surface area contributed by atoms with Crippen LogP contribution in [0.2, 0.25) is 0 Å². The highest BCUT2D eigenvalue weighted by molar-refractivity contribution is 4.80. The van der Waals surface area contributed by atoms with Crippen molar-refractivity contribution in [3.05, 3.63) is 0 Å². The van der Waals surface area contributed by atoms with Crippen molar-refractivity contribution in [1.29, 1.82) is 0 Å². The third kappa shape index (κ3) is 3.02. The van der Waals surface area contributed by atoms with Gasteiger partial charge in [0.1, 0.15) is 0 Å². The lowest BCUT2D eigenvalue weighted by molar-refractivity contribution is 0.145. The quantitative estimate of drug-likeness (QED) is 0.596. The molecule has 2 rings (SSSR count). The maximum absolute atomic E-state index is 2.50. The van der Waals surface area contributed by atoms with Crippen molar-refractivity contribution < 1.29 is 0 Å². The highest BCUT2D eigenvalue weighted by Gasteiger charge is 2.29. The maximum Gasteiger partial charge on any atom is -0.0386 e. The smallest absolute Gasteiger partial charge is 0.0386 e. The average Bonchev–Trinajstić information content (AvgIpc) is 2.27. The fourth-order valence-electron chi connectivity index (χ4n) is 4.04. The summed E-state index contributed by atoms with van der Waals surface area (Å²) in [6, 6.07) is 0. The van der Waals surface area contributed by atoms with Gasteiger partial charge in [0.15, 0.2) is 0 Å². The van der Waals surface area contributed by atoms with Crippen molar-refractivity contribution in [3.8, 4) is 0 Å². The molecule has 5 atom stereocenters. The summed E-state index contributed by atoms with van der Waals surface area (Å²) in [7, 11) is 0. The number of hydrogen-bond donors (Lipinski definition) is 0. The van der Waals surface area contributed by atoms with Crippen LogP contribution in [0.25, 0.3) is 0 Å². The molecule has 2 fully saturated rings. The van der Waals surface area contributed by atoms with Gasteiger partial charge in [-0.2, -0.15) is 0 Å². The summed E-state index contributed by atoms with van der Waals surface area (Å²) in [4.78, 5) is 0. The first-order chi connectivity index (χ1) is 7.66. The molecule has 2 saturated carbocycles. The van der Waals surface area contributed by atoms with E-state index in [2.05, 4.69) is 20.8 Å². The molecule has 2 aliphatic rings. The van der Waals surface area contributed by atoms with Crippen LogP contribution in [0, 0.1) is 29.6 Å². The second-order valence-corrected chi connectivity index (χ2v) is 6.89. The largest absolute Gasteiger partial charge is 0.0623 e. The molecular weight excluding hydrogens is 192 g/mol. The van der Waals surface area contributed by atoms with Crippen molar-refractivity contribution >= 4 is 0 Å². The summed E-state index contributed by atoms with van der Waals surface area (Å²) < 4.78 is 0. The van der Waals surface area contributed by atoms with E-state index in [1.807, 2.05) is 0 Å². The average molecular weight is 222 g/mol. The van der Waals surface area contributed by atoms with E-state index in [1.54, 1.807) is 6.42 Å². The Balaban J connectivity index is 1.80. The fraction of sp³-hybridized carbons (Fsp3) is 1.00. The minimum atomic E-state index is 0.984. The predicted molar refractivity (Wildman–Crippen MR) is 71.4 cm³/mol. The van der Waals surface area contributed by atoms with Crippen LogP contribution in [-0.2, 0) is 0 Å². The molecular formula is C16H30. The molecule has 0 spiro atoms. The van der Waals surface area contributed by atoms with Crippen molar-refractivity contribution in [2.45, 2.75) is 72.1 Å². The molecule has 0 aromatic carbocycles. The van der Waals surface area contributed by atoms with E-state index in [9.17, 15) is 0 Å². The summed E-state index contributed by atoms with van der Waals surface area (Å²) in [5.41, 5.74) is 0. The Hall–Kier alpha value is 0. The first-order valence-corrected chi connectivity index (χ1v) is 7.66. The van der Waals surface area contributed by atoms with Gasteiger partial charge < -0.3 is 0 Å². The summed E-state index contributed by atoms with van der Waals surface area (Å²) >= 11 is 0. The monoisotopic (exact) mass is 222 g/mol. The Labute approximate surface area is 102 Å². The van der Waals surface area contributed by atoms with E-state index in [0.717, 1.165) is 29.6 Å². The second kappa shape index (κ2) is 5.56. The summed E-state index contributed by atoms with van der Waals surface area (Å²) in [6.07, 6.45) is 12.1. The Kier molecular flexibility index (Phi) is 4.33. The molecule has 0 saturated heterocycles. The lowest BCUT2D eigenvalue weighted by Gasteiger charge is -2.37. The van der Waals surface area contributed by atoms with Crippen LogP contribution in [0.4, 0.5) is 0 Å². The van der Waals surface area contributed by atoms with Gasteiger partial charge in [-0.3, -0.25) is 0 Å². The zero-order valence-electron chi connectivity index (χ0n) is 11.5. The molecule has 1 unspecified atom stereocenters. The molecule has 0 nitrogen and oxygen atoms in total. The molecule has 0 aliphatic heterocycles. The molecule has 0 heteroatoms. The summed E-state index contributed by atoms with van der Waals surface area (Å²) in [5.74, 6) is 5.12. The topological polar surface area (TPSA) is 0 Å². The normalized spacial score (nSPS) is 45.6. The SMILES string of the molecule is C[C@@H]1CC(C[C@@H]2CCCC[C@@H]2C)CC[C@@H]1C. The third-order valence-corrected chi connectivity index (χ3v) is 5.63. The maximum atomic E-state index is 2.50. The zero-order valence-corrected chi connectivity index (χ0v) is 11.5. The lowest BCUT2D eigenvalue weighted by atomic mass is 9.69. The van der Waals surface area contributed by atoms with Gasteiger partial charge in [-0.1, -0.05) is 59.3 Å². The molecule has 16 heavy (non-hydrogen) atoms. The van der Waals surface area contributed by atoms with E-state index < -0.39 is 0 Å². The van der Waals surface area contributed by atoms with Crippen LogP contribution in [0.3, 0.4) is 0 Å². The van der Waals surface area contributed by atoms with Crippen molar-refractivity contribution in [3.63, 3.8) is 0 Å². The first kappa shape index (κ1) is 12.5. The van der Waals surface area contributed by atoms with Crippen LogP contribution in [0.1, 0.15) is 72.1 Å². The molecule has 0 radical (unpaired) electrons. The van der Waals surface area contributed by atoms with Crippen LogP contribution >= 0.6 is 0 Å². The van der Waals surface area contributed by atoms with Gasteiger partial charge >= 0.3 is 0 Å². The number of rotatable bonds is 2. The summed E-state index contributed by atoms with van der Waals surface area (Å²) in [5, 5.41) is 0. The van der Waals surface area contributed by atoms with Gasteiger partial charge in [0.05, 0.1) is 0 Å². The third-order valence-electron chi connectivity index (χ3n) is 5.63. The van der Waals surface area contributed by atoms with E-state index in [4.69, 9.17) is 0 Å². The van der Waals surface area contributed by atoms with Gasteiger partial charge in [0.25, 0.3) is 0 Å². The Bertz CT molecular complexity index is 208. The Morgan fingerprint density at radius 3 is 2.19 bits per heavy atom. The van der Waals surface area contributed by atoms with Gasteiger partial charge in [0, 0.05) is 0 Å². The first-order valence-electron chi connectivity index (χ1n) is 7.66. The number of hydrogen-bond acceptors (Lipinski definition) is 0. The van der Waals surface area contributed by atoms with Gasteiger partial charge in [-0.25, -0.2) is 0 Å². The van der Waals surface area contributed by atoms with E-state index >= 15 is 0 Å². The highest BCUT2D eigenvalue weighted by Crippen LogP contribution is 2.41. The van der Waals surface area contributed by atoms with Crippen LogP contribution < -0.4 is 0 Å². The van der Waals surface area contributed by atoms with E-state index in [0.29, 0.717) is 0 Å². The molecule has 0 heterocycles. The Morgan fingerprint density at radius 2 is 1.50 bits per heavy atom. The van der Waals surface area contributed by atoms with Gasteiger partial charge in [-0.05, 0) is 42.4 Å². The standard InChI is InChI=1S/C16H30/c1-12-8-9-15(10-14(12)3)11-16-7-5-4-6-13(16)2/h12-16H,4-11H2,1-3H3/t12-,13-,14+,15?,16-/m0/s1. The van der Waals surface area contributed by atoms with Crippen molar-refractivity contribution in [2.24, 2.45) is 29.6 Å². The predicted octanol–water partition coefficient (Wildman–Crippen LogP) is 5.28. The lowest BCUT2D eigenvalue weighted by Crippen LogP contribution is -2.25. The molecule has 94 valence electrons. The zero-order chi connectivity index (χ0) is 11.5. The molecule has 0 N–H and O–H groups in total. The minimum absolute atomic E-state index is 0.984. The molecule has 0 aromatic rings. The molecule has 2 aliphatic carbocycles. The minimum Gasteiger partial charge on any atom is -0.0623 e. The van der Waals surface area contributed by atoms with Crippen molar-refractivity contribution in [1.82, 2.24) is 0 Å². The van der Waals surface area contributed by atoms with Crippen molar-refractivity contribution in [2.75, 3.05) is 0 Å². The van der Waals surface area contributed by atoms with Gasteiger partial charge in [0.2, 0.25) is 0 Å². The Morgan fingerprint density at radius 1 is 0.750 bits per heavy atom. The van der Waals surface area contributed by atoms with Crippen LogP contribution in [-0.4, -0.2) is 0 Å². The molecule has 0 amide bonds. The molecule has 0 bridgehead atoms. The fourth-order valence-corrected chi connectivity index (χ4v) is 4.04. The van der Waals surface area contributed by atoms with Crippen LogP contribution in [0.15, 0.2) is 0 Å². The molecule has 0 aromatic heterocycles. The summed E-state index contributed by atoms with van der Waals surface area (Å²) in [6.45, 7) is 7.42. The second-order valence-electron chi connectivity index (χ2n) is 6.89.